The van der Waals surface area contributed by atoms with Gasteiger partial charge in [0.1, 0.15) is 0 Å². The van der Waals surface area contributed by atoms with Crippen LogP contribution in [-0.2, 0) is 0 Å². The molecule has 8 aromatic rings. The maximum absolute atomic E-state index is 4.61. The fourth-order valence-electron chi connectivity index (χ4n) is 7.35. The Labute approximate surface area is 298 Å². The molecule has 0 N–H and O–H groups in total. The molecule has 0 saturated heterocycles. The molecule has 3 nitrogen and oxygen atoms in total. The molecule has 0 atom stereocenters. The third kappa shape index (κ3) is 5.42. The quantitative estimate of drug-likeness (QED) is 0.177. The SMILES string of the molecule is C=C1/C=C\C=C/N(c2ccccc2)c2ccc3c(c21)c1ccc(N(c2ccccc2)c2ccc(-c4ccccc4)cc2)cc1n3-c1ccccc1. The topological polar surface area (TPSA) is 11.4 Å². The van der Waals surface area contributed by atoms with Crippen LogP contribution in [0.1, 0.15) is 5.56 Å². The molecule has 0 spiro atoms. The molecule has 1 aromatic heterocycles. The number of nitrogens with zero attached hydrogens (tertiary/aromatic N) is 3. The lowest BCUT2D eigenvalue weighted by molar-refractivity contribution is 1.17. The average Bonchev–Trinajstić information content (AvgIpc) is 3.52. The predicted molar refractivity (Wildman–Crippen MR) is 217 cm³/mol. The summed E-state index contributed by atoms with van der Waals surface area (Å²) in [5.74, 6) is 0. The van der Waals surface area contributed by atoms with E-state index in [1.165, 1.54) is 21.9 Å². The number of para-hydroxylation sites is 3. The summed E-state index contributed by atoms with van der Waals surface area (Å²) in [6.45, 7) is 4.61. The highest BCUT2D eigenvalue weighted by molar-refractivity contribution is 6.17. The van der Waals surface area contributed by atoms with Crippen molar-refractivity contribution in [3.05, 3.63) is 212 Å². The van der Waals surface area contributed by atoms with Crippen LogP contribution in [0, 0.1) is 0 Å². The second kappa shape index (κ2) is 12.9. The van der Waals surface area contributed by atoms with Crippen molar-refractivity contribution < 1.29 is 0 Å². The van der Waals surface area contributed by atoms with Crippen LogP contribution in [0.25, 0.3) is 44.2 Å². The van der Waals surface area contributed by atoms with E-state index in [1.807, 2.05) is 0 Å². The Morgan fingerprint density at radius 3 is 1.76 bits per heavy atom. The van der Waals surface area contributed by atoms with E-state index in [0.29, 0.717) is 0 Å². The molecule has 0 saturated carbocycles. The van der Waals surface area contributed by atoms with Gasteiger partial charge in [0.05, 0.1) is 16.7 Å². The molecule has 0 aliphatic carbocycles. The number of hydrogen-bond donors (Lipinski definition) is 0. The highest BCUT2D eigenvalue weighted by Crippen LogP contribution is 2.45. The number of benzene rings is 7. The molecular formula is C48H35N3. The van der Waals surface area contributed by atoms with Gasteiger partial charge in [-0.05, 0) is 95.6 Å². The first kappa shape index (κ1) is 30.2. The summed E-state index contributed by atoms with van der Waals surface area (Å²) in [5.41, 5.74) is 13.3. The van der Waals surface area contributed by atoms with E-state index in [1.54, 1.807) is 0 Å². The van der Waals surface area contributed by atoms with Gasteiger partial charge in [0.2, 0.25) is 0 Å². The van der Waals surface area contributed by atoms with Crippen LogP contribution in [0.2, 0.25) is 0 Å². The van der Waals surface area contributed by atoms with Gasteiger partial charge in [-0.1, -0.05) is 122 Å². The number of hydrogen-bond acceptors (Lipinski definition) is 2. The maximum atomic E-state index is 4.61. The van der Waals surface area contributed by atoms with Gasteiger partial charge in [-0.25, -0.2) is 0 Å². The molecule has 0 bridgehead atoms. The third-order valence-corrected chi connectivity index (χ3v) is 9.67. The van der Waals surface area contributed by atoms with Gasteiger partial charge in [-0.2, -0.15) is 0 Å². The van der Waals surface area contributed by atoms with E-state index < -0.39 is 0 Å². The van der Waals surface area contributed by atoms with E-state index in [4.69, 9.17) is 0 Å². The summed E-state index contributed by atoms with van der Waals surface area (Å²) in [6, 6.07) is 62.6. The van der Waals surface area contributed by atoms with Gasteiger partial charge in [0.15, 0.2) is 0 Å². The van der Waals surface area contributed by atoms with Crippen molar-refractivity contribution in [2.45, 2.75) is 0 Å². The van der Waals surface area contributed by atoms with Crippen LogP contribution in [0.5, 0.6) is 0 Å². The fraction of sp³-hybridized carbons (Fsp3) is 0. The molecule has 0 radical (unpaired) electrons. The minimum atomic E-state index is 0.974. The van der Waals surface area contributed by atoms with Crippen molar-refractivity contribution in [1.29, 1.82) is 0 Å². The lowest BCUT2D eigenvalue weighted by Gasteiger charge is -2.26. The molecule has 0 fully saturated rings. The third-order valence-electron chi connectivity index (χ3n) is 9.67. The van der Waals surface area contributed by atoms with Crippen LogP contribution in [0.4, 0.5) is 28.4 Å². The Balaban J connectivity index is 1.29. The van der Waals surface area contributed by atoms with Crippen molar-refractivity contribution in [3.8, 4) is 16.8 Å². The minimum absolute atomic E-state index is 0.974. The standard InChI is InChI=1S/C48H35N3/c1-35-16-14-15-33-49(38-19-8-3-9-20-38)44-31-32-45-48(47(35)44)43-30-29-42(34-46(43)51(45)40-23-12-5-13-24-40)50(39-21-10-4-11-22-39)41-27-25-37(26-28-41)36-17-6-2-7-18-36/h2-34H,1H2/b16-14-,33-15-. The van der Waals surface area contributed by atoms with Gasteiger partial charge in [0, 0.05) is 51.0 Å². The number of rotatable bonds is 6. The molecule has 1 aliphatic rings. The largest absolute Gasteiger partial charge is 0.317 e. The summed E-state index contributed by atoms with van der Waals surface area (Å²) < 4.78 is 2.40. The first-order valence-electron chi connectivity index (χ1n) is 17.3. The zero-order chi connectivity index (χ0) is 34.1. The summed E-state index contributed by atoms with van der Waals surface area (Å²) in [4.78, 5) is 4.61. The minimum Gasteiger partial charge on any atom is -0.317 e. The Hall–Kier alpha value is -6.84. The first-order chi connectivity index (χ1) is 25.2. The number of fused-ring (bicyclic) bond motifs is 5. The van der Waals surface area contributed by atoms with Crippen LogP contribution in [-0.4, -0.2) is 4.57 Å². The van der Waals surface area contributed by atoms with Gasteiger partial charge in [-0.3, -0.25) is 0 Å². The predicted octanol–water partition coefficient (Wildman–Crippen LogP) is 13.2. The van der Waals surface area contributed by atoms with Crippen LogP contribution in [0.3, 0.4) is 0 Å². The van der Waals surface area contributed by atoms with Crippen LogP contribution < -0.4 is 9.80 Å². The normalized spacial score (nSPS) is 13.8. The molecule has 51 heavy (non-hydrogen) atoms. The highest BCUT2D eigenvalue weighted by atomic mass is 15.1. The molecule has 0 amide bonds. The molecule has 2 heterocycles. The van der Waals surface area contributed by atoms with Gasteiger partial charge < -0.3 is 14.4 Å². The molecule has 9 rings (SSSR count). The van der Waals surface area contributed by atoms with E-state index in [-0.39, 0.29) is 0 Å². The van der Waals surface area contributed by atoms with Crippen molar-refractivity contribution in [2.24, 2.45) is 0 Å². The second-order valence-corrected chi connectivity index (χ2v) is 12.7. The first-order valence-corrected chi connectivity index (χ1v) is 17.3. The van der Waals surface area contributed by atoms with Crippen molar-refractivity contribution in [1.82, 2.24) is 4.57 Å². The monoisotopic (exact) mass is 653 g/mol. The van der Waals surface area contributed by atoms with Crippen LogP contribution in [0.15, 0.2) is 207 Å². The molecule has 7 aromatic carbocycles. The summed E-state index contributed by atoms with van der Waals surface area (Å²) in [6.07, 6.45) is 8.41. The van der Waals surface area contributed by atoms with Crippen LogP contribution >= 0.6 is 0 Å². The molecule has 0 unspecified atom stereocenters. The fourth-order valence-corrected chi connectivity index (χ4v) is 7.35. The van der Waals surface area contributed by atoms with E-state index >= 15 is 0 Å². The van der Waals surface area contributed by atoms with Gasteiger partial charge >= 0.3 is 0 Å². The number of aromatic nitrogens is 1. The van der Waals surface area contributed by atoms with E-state index in [0.717, 1.165) is 56.3 Å². The van der Waals surface area contributed by atoms with Gasteiger partial charge in [-0.15, -0.1) is 0 Å². The van der Waals surface area contributed by atoms with Crippen molar-refractivity contribution >= 4 is 55.8 Å². The zero-order valence-corrected chi connectivity index (χ0v) is 28.1. The number of anilines is 5. The Bertz CT molecular complexity index is 2560. The molecule has 3 heteroatoms. The molecule has 242 valence electrons. The van der Waals surface area contributed by atoms with Gasteiger partial charge in [0.25, 0.3) is 0 Å². The summed E-state index contributed by atoms with van der Waals surface area (Å²) in [7, 11) is 0. The summed E-state index contributed by atoms with van der Waals surface area (Å²) in [5, 5.41) is 2.36. The zero-order valence-electron chi connectivity index (χ0n) is 28.1. The molecule has 1 aliphatic heterocycles. The summed E-state index contributed by atoms with van der Waals surface area (Å²) >= 11 is 0. The lowest BCUT2D eigenvalue weighted by Crippen LogP contribution is -2.11. The van der Waals surface area contributed by atoms with E-state index in [9.17, 15) is 0 Å². The average molecular weight is 654 g/mol. The number of allylic oxidation sites excluding steroid dienone is 4. The van der Waals surface area contributed by atoms with E-state index in [2.05, 4.69) is 221 Å². The smallest absolute Gasteiger partial charge is 0.0562 e. The van der Waals surface area contributed by atoms with Crippen molar-refractivity contribution in [2.75, 3.05) is 9.80 Å². The highest BCUT2D eigenvalue weighted by Gasteiger charge is 2.23. The maximum Gasteiger partial charge on any atom is 0.0562 e. The molecular weight excluding hydrogens is 619 g/mol. The Morgan fingerprint density at radius 1 is 0.471 bits per heavy atom. The Kier molecular flexibility index (Phi) is 7.64. The second-order valence-electron chi connectivity index (χ2n) is 12.7. The Morgan fingerprint density at radius 2 is 1.06 bits per heavy atom. The van der Waals surface area contributed by atoms with Crippen molar-refractivity contribution in [3.63, 3.8) is 0 Å². The lowest BCUT2D eigenvalue weighted by atomic mass is 9.96.